The molecule has 0 atom stereocenters. The van der Waals surface area contributed by atoms with Gasteiger partial charge in [0.2, 0.25) is 0 Å². The molecule has 2 heterocycles. The van der Waals surface area contributed by atoms with Crippen molar-refractivity contribution in [1.82, 2.24) is 19.7 Å². The van der Waals surface area contributed by atoms with Gasteiger partial charge in [-0.2, -0.15) is 5.10 Å². The first kappa shape index (κ1) is 11.9. The van der Waals surface area contributed by atoms with Gasteiger partial charge in [-0.25, -0.2) is 19.4 Å². The van der Waals surface area contributed by atoms with Crippen LogP contribution < -0.4 is 5.73 Å². The summed E-state index contributed by atoms with van der Waals surface area (Å²) >= 11 is 0. The number of fused-ring (bicyclic) bond motifs is 1. The van der Waals surface area contributed by atoms with Crippen LogP contribution in [0.5, 0.6) is 0 Å². The first-order valence-electron chi connectivity index (χ1n) is 6.40. The third-order valence-electron chi connectivity index (χ3n) is 3.64. The highest BCUT2D eigenvalue weighted by Gasteiger charge is 2.25. The van der Waals surface area contributed by atoms with Crippen LogP contribution in [0.2, 0.25) is 0 Å². The highest BCUT2D eigenvalue weighted by molar-refractivity contribution is 6.04. The summed E-state index contributed by atoms with van der Waals surface area (Å²) in [6.45, 7) is 0. The Morgan fingerprint density at radius 2 is 2.05 bits per heavy atom. The minimum atomic E-state index is -1.10. The van der Waals surface area contributed by atoms with Gasteiger partial charge >= 0.3 is 5.97 Å². The maximum Gasteiger partial charge on any atom is 0.357 e. The van der Waals surface area contributed by atoms with Gasteiger partial charge in [0.15, 0.2) is 11.3 Å². The molecular weight excluding hydrogens is 246 g/mol. The molecule has 1 aliphatic rings. The summed E-state index contributed by atoms with van der Waals surface area (Å²) in [6.07, 6.45) is 6.84. The number of carboxylic acids is 1. The standard InChI is InChI=1S/C12H15N5O2/c13-10-8-9(12(18)19)16-17(11(8)15-6-14-10)7-4-2-1-3-5-7/h6-7H,1-5H2,(H,18,19)(H2,13,14,15). The highest BCUT2D eigenvalue weighted by atomic mass is 16.4. The Morgan fingerprint density at radius 1 is 1.32 bits per heavy atom. The second-order valence-electron chi connectivity index (χ2n) is 4.85. The summed E-state index contributed by atoms with van der Waals surface area (Å²) in [5.41, 5.74) is 6.24. The third kappa shape index (κ3) is 1.91. The lowest BCUT2D eigenvalue weighted by atomic mass is 9.96. The molecule has 3 N–H and O–H groups in total. The lowest BCUT2D eigenvalue weighted by Crippen LogP contribution is -2.15. The number of hydrogen-bond donors (Lipinski definition) is 2. The number of rotatable bonds is 2. The lowest BCUT2D eigenvalue weighted by molar-refractivity contribution is 0.0691. The van der Waals surface area contributed by atoms with Gasteiger partial charge in [-0.3, -0.25) is 0 Å². The predicted molar refractivity (Wildman–Crippen MR) is 68.8 cm³/mol. The van der Waals surface area contributed by atoms with Crippen LogP contribution in [0.25, 0.3) is 11.0 Å². The molecule has 0 aromatic carbocycles. The fraction of sp³-hybridized carbons (Fsp3) is 0.500. The molecule has 0 unspecified atom stereocenters. The number of anilines is 1. The molecule has 1 fully saturated rings. The zero-order valence-electron chi connectivity index (χ0n) is 10.4. The van der Waals surface area contributed by atoms with Gasteiger partial charge in [-0.1, -0.05) is 19.3 Å². The molecule has 0 saturated heterocycles. The molecule has 0 amide bonds. The monoisotopic (exact) mass is 261 g/mol. The summed E-state index contributed by atoms with van der Waals surface area (Å²) in [4.78, 5) is 19.3. The van der Waals surface area contributed by atoms with Crippen LogP contribution in [0, 0.1) is 0 Å². The van der Waals surface area contributed by atoms with Crippen molar-refractivity contribution in [1.29, 1.82) is 0 Å². The summed E-state index contributed by atoms with van der Waals surface area (Å²) in [5, 5.41) is 13.8. The number of nitrogens with zero attached hydrogens (tertiary/aromatic N) is 4. The fourth-order valence-electron chi connectivity index (χ4n) is 2.73. The van der Waals surface area contributed by atoms with Crippen LogP contribution in [-0.2, 0) is 0 Å². The SMILES string of the molecule is Nc1ncnc2c1c(C(=O)O)nn2C1CCCCC1. The number of aromatic carboxylic acids is 1. The zero-order valence-corrected chi connectivity index (χ0v) is 10.4. The minimum absolute atomic E-state index is 0.0568. The van der Waals surface area contributed by atoms with Crippen molar-refractivity contribution < 1.29 is 9.90 Å². The number of hydrogen-bond acceptors (Lipinski definition) is 5. The molecular formula is C12H15N5O2. The molecule has 2 aromatic heterocycles. The smallest absolute Gasteiger partial charge is 0.357 e. The van der Waals surface area contributed by atoms with Gasteiger partial charge in [-0.05, 0) is 12.8 Å². The molecule has 0 bridgehead atoms. The number of aromatic nitrogens is 4. The second-order valence-corrected chi connectivity index (χ2v) is 4.85. The molecule has 2 aromatic rings. The molecule has 19 heavy (non-hydrogen) atoms. The molecule has 0 aliphatic heterocycles. The Balaban J connectivity index is 2.19. The Bertz CT molecular complexity index is 630. The number of carboxylic acid groups (broad SMARTS) is 1. The van der Waals surface area contributed by atoms with Crippen LogP contribution >= 0.6 is 0 Å². The molecule has 7 heteroatoms. The van der Waals surface area contributed by atoms with Crippen LogP contribution in [-0.4, -0.2) is 30.8 Å². The zero-order chi connectivity index (χ0) is 13.4. The fourth-order valence-corrected chi connectivity index (χ4v) is 2.73. The average Bonchev–Trinajstić information content (AvgIpc) is 2.81. The van der Waals surface area contributed by atoms with Crippen LogP contribution in [0.4, 0.5) is 5.82 Å². The minimum Gasteiger partial charge on any atom is -0.476 e. The molecule has 3 rings (SSSR count). The largest absolute Gasteiger partial charge is 0.476 e. The lowest BCUT2D eigenvalue weighted by Gasteiger charge is -2.22. The van der Waals surface area contributed by atoms with E-state index in [1.54, 1.807) is 4.68 Å². The van der Waals surface area contributed by atoms with Gasteiger partial charge in [0.05, 0.1) is 11.4 Å². The van der Waals surface area contributed by atoms with Crippen molar-refractivity contribution in [2.45, 2.75) is 38.1 Å². The summed E-state index contributed by atoms with van der Waals surface area (Å²) in [6, 6.07) is 0.207. The number of nitrogens with two attached hydrogens (primary N) is 1. The Kier molecular flexibility index (Phi) is 2.81. The molecule has 100 valence electrons. The van der Waals surface area contributed by atoms with E-state index in [-0.39, 0.29) is 17.6 Å². The number of carbonyl (C=O) groups is 1. The molecule has 7 nitrogen and oxygen atoms in total. The Labute approximate surface area is 109 Å². The molecule has 1 aliphatic carbocycles. The summed E-state index contributed by atoms with van der Waals surface area (Å²) < 4.78 is 1.72. The summed E-state index contributed by atoms with van der Waals surface area (Å²) in [5.74, 6) is -0.925. The Morgan fingerprint density at radius 3 is 2.74 bits per heavy atom. The van der Waals surface area contributed by atoms with Gasteiger partial charge in [-0.15, -0.1) is 0 Å². The van der Waals surface area contributed by atoms with E-state index >= 15 is 0 Å². The van der Waals surface area contributed by atoms with Crippen molar-refractivity contribution in [3.8, 4) is 0 Å². The topological polar surface area (TPSA) is 107 Å². The first-order chi connectivity index (χ1) is 9.18. The van der Waals surface area contributed by atoms with Crippen LogP contribution in [0.1, 0.15) is 48.6 Å². The van der Waals surface area contributed by atoms with Crippen LogP contribution in [0.15, 0.2) is 6.33 Å². The van der Waals surface area contributed by atoms with Gasteiger partial charge in [0, 0.05) is 0 Å². The van der Waals surface area contributed by atoms with E-state index in [0.29, 0.717) is 11.0 Å². The van der Waals surface area contributed by atoms with E-state index < -0.39 is 5.97 Å². The van der Waals surface area contributed by atoms with E-state index in [9.17, 15) is 9.90 Å². The third-order valence-corrected chi connectivity index (χ3v) is 3.64. The van der Waals surface area contributed by atoms with Crippen molar-refractivity contribution >= 4 is 22.8 Å². The first-order valence-corrected chi connectivity index (χ1v) is 6.40. The summed E-state index contributed by atoms with van der Waals surface area (Å²) in [7, 11) is 0. The van der Waals surface area contributed by atoms with E-state index in [1.807, 2.05) is 0 Å². The van der Waals surface area contributed by atoms with Gasteiger partial charge in [0.1, 0.15) is 12.1 Å². The van der Waals surface area contributed by atoms with Crippen molar-refractivity contribution in [2.24, 2.45) is 0 Å². The van der Waals surface area contributed by atoms with E-state index in [2.05, 4.69) is 15.1 Å². The van der Waals surface area contributed by atoms with E-state index in [1.165, 1.54) is 12.7 Å². The van der Waals surface area contributed by atoms with Crippen LogP contribution in [0.3, 0.4) is 0 Å². The molecule has 0 spiro atoms. The van der Waals surface area contributed by atoms with E-state index in [0.717, 1.165) is 25.7 Å². The molecule has 0 radical (unpaired) electrons. The Hall–Kier alpha value is -2.18. The second kappa shape index (κ2) is 4.49. The maximum atomic E-state index is 11.3. The van der Waals surface area contributed by atoms with Gasteiger partial charge < -0.3 is 10.8 Å². The number of nitrogen functional groups attached to an aromatic ring is 1. The maximum absolute atomic E-state index is 11.3. The normalized spacial score (nSPS) is 16.8. The van der Waals surface area contributed by atoms with Crippen molar-refractivity contribution in [2.75, 3.05) is 5.73 Å². The van der Waals surface area contributed by atoms with E-state index in [4.69, 9.17) is 5.73 Å². The highest BCUT2D eigenvalue weighted by Crippen LogP contribution is 2.31. The predicted octanol–water partition coefficient (Wildman–Crippen LogP) is 1.61. The molecule has 1 saturated carbocycles. The van der Waals surface area contributed by atoms with Gasteiger partial charge in [0.25, 0.3) is 0 Å². The quantitative estimate of drug-likeness (QED) is 0.850. The van der Waals surface area contributed by atoms with Crippen molar-refractivity contribution in [3.63, 3.8) is 0 Å². The average molecular weight is 261 g/mol. The van der Waals surface area contributed by atoms with Crippen molar-refractivity contribution in [3.05, 3.63) is 12.0 Å².